The van der Waals surface area contributed by atoms with Gasteiger partial charge in [-0.05, 0) is 60.7 Å². The largest absolute Gasteiger partial charge is 0.497 e. The lowest BCUT2D eigenvalue weighted by Crippen LogP contribution is -2.09. The predicted molar refractivity (Wildman–Crippen MR) is 119 cm³/mol. The third-order valence-corrected chi connectivity index (χ3v) is 6.13. The molecular formula is C22H22ClN3OS. The normalized spacial score (nSPS) is 12.3. The highest BCUT2D eigenvalue weighted by atomic mass is 35.5. The Kier molecular flexibility index (Phi) is 5.29. The number of hydrogen-bond acceptors (Lipinski definition) is 4. The first-order valence-corrected chi connectivity index (χ1v) is 10.4. The fourth-order valence-corrected chi connectivity index (χ4v) is 4.52. The van der Waals surface area contributed by atoms with Crippen LogP contribution in [0.5, 0.6) is 5.75 Å². The summed E-state index contributed by atoms with van der Waals surface area (Å²) in [6, 6.07) is 14.5. The molecule has 0 aliphatic heterocycles. The minimum absolute atomic E-state index is 0.198. The molecule has 0 saturated heterocycles. The van der Waals surface area contributed by atoms with Crippen molar-refractivity contribution in [1.29, 1.82) is 0 Å². The van der Waals surface area contributed by atoms with E-state index in [0.29, 0.717) is 5.02 Å². The van der Waals surface area contributed by atoms with Crippen LogP contribution < -0.4 is 10.1 Å². The summed E-state index contributed by atoms with van der Waals surface area (Å²) >= 11 is 8.11. The number of nitrogens with zero attached hydrogens (tertiary/aromatic N) is 1. The minimum Gasteiger partial charge on any atom is -0.497 e. The minimum atomic E-state index is 0.198. The van der Waals surface area contributed by atoms with E-state index < -0.39 is 0 Å². The van der Waals surface area contributed by atoms with Crippen molar-refractivity contribution >= 4 is 39.0 Å². The van der Waals surface area contributed by atoms with E-state index in [-0.39, 0.29) is 6.04 Å². The summed E-state index contributed by atoms with van der Waals surface area (Å²) in [5, 5.41) is 6.37. The van der Waals surface area contributed by atoms with Gasteiger partial charge in [-0.1, -0.05) is 24.6 Å². The molecule has 4 rings (SSSR count). The molecule has 1 unspecified atom stereocenters. The summed E-state index contributed by atoms with van der Waals surface area (Å²) in [7, 11) is 1.64. The molecule has 0 aliphatic rings. The maximum atomic E-state index is 6.46. The van der Waals surface area contributed by atoms with Gasteiger partial charge in [0.05, 0.1) is 23.9 Å². The van der Waals surface area contributed by atoms with Crippen molar-refractivity contribution < 1.29 is 4.74 Å². The smallest absolute Gasteiger partial charge is 0.183 e. The number of aryl methyl sites for hydroxylation is 1. The van der Waals surface area contributed by atoms with Crippen molar-refractivity contribution in [3.63, 3.8) is 0 Å². The lowest BCUT2D eigenvalue weighted by Gasteiger charge is -2.17. The lowest BCUT2D eigenvalue weighted by atomic mass is 10.0. The van der Waals surface area contributed by atoms with Crippen LogP contribution in [0.25, 0.3) is 22.2 Å². The van der Waals surface area contributed by atoms with E-state index >= 15 is 0 Å². The second-order valence-electron chi connectivity index (χ2n) is 6.70. The molecule has 0 spiro atoms. The molecule has 0 saturated carbocycles. The zero-order chi connectivity index (χ0) is 19.7. The Morgan fingerprint density at radius 3 is 2.82 bits per heavy atom. The number of anilines is 1. The standard InChI is InChI=1S/C22H22ClN3OS/c1-4-19(14-5-8-20-15(11-14)9-10-24-20)25-22-26-21(13(2)28-22)17-7-6-16(27-3)12-18(17)23/h5-12,19,24H,4H2,1-3H3,(H,25,26). The zero-order valence-electron chi connectivity index (χ0n) is 16.0. The van der Waals surface area contributed by atoms with Crippen LogP contribution in [0.3, 0.4) is 0 Å². The monoisotopic (exact) mass is 411 g/mol. The number of ether oxygens (including phenoxy) is 1. The molecule has 0 amide bonds. The molecule has 2 aromatic carbocycles. The van der Waals surface area contributed by atoms with Crippen LogP contribution in [0.1, 0.15) is 29.8 Å². The van der Waals surface area contributed by atoms with Gasteiger partial charge in [0.2, 0.25) is 0 Å². The van der Waals surface area contributed by atoms with Gasteiger partial charge in [0.1, 0.15) is 5.75 Å². The van der Waals surface area contributed by atoms with E-state index in [0.717, 1.165) is 39.0 Å². The highest BCUT2D eigenvalue weighted by molar-refractivity contribution is 7.16. The zero-order valence-corrected chi connectivity index (χ0v) is 17.6. The van der Waals surface area contributed by atoms with Crippen molar-refractivity contribution in [2.45, 2.75) is 26.3 Å². The first kappa shape index (κ1) is 18.8. The van der Waals surface area contributed by atoms with Gasteiger partial charge in [-0.2, -0.15) is 0 Å². The van der Waals surface area contributed by atoms with E-state index in [1.165, 1.54) is 10.9 Å². The maximum absolute atomic E-state index is 6.46. The number of H-pyrrole nitrogens is 1. The first-order chi connectivity index (χ1) is 13.6. The molecule has 0 bridgehead atoms. The number of fused-ring (bicyclic) bond motifs is 1. The average molecular weight is 412 g/mol. The SMILES string of the molecule is CCC(Nc1nc(-c2ccc(OC)cc2Cl)c(C)s1)c1ccc2[nH]ccc2c1. The molecule has 2 aromatic heterocycles. The molecule has 0 aliphatic carbocycles. The van der Waals surface area contributed by atoms with E-state index in [4.69, 9.17) is 21.3 Å². The van der Waals surface area contributed by atoms with Crippen LogP contribution in [0.2, 0.25) is 5.02 Å². The molecule has 4 aromatic rings. The number of aromatic amines is 1. The molecule has 6 heteroatoms. The summed E-state index contributed by atoms with van der Waals surface area (Å²) in [6.07, 6.45) is 2.94. The topological polar surface area (TPSA) is 49.9 Å². The van der Waals surface area contributed by atoms with E-state index in [2.05, 4.69) is 48.4 Å². The van der Waals surface area contributed by atoms with Crippen LogP contribution in [0.15, 0.2) is 48.7 Å². The quantitative estimate of drug-likeness (QED) is 0.365. The number of rotatable bonds is 6. The molecule has 0 fully saturated rings. The second kappa shape index (κ2) is 7.86. The van der Waals surface area contributed by atoms with E-state index in [1.807, 2.05) is 24.4 Å². The van der Waals surface area contributed by atoms with E-state index in [9.17, 15) is 0 Å². The highest BCUT2D eigenvalue weighted by Gasteiger charge is 2.17. The summed E-state index contributed by atoms with van der Waals surface area (Å²) in [4.78, 5) is 9.21. The van der Waals surface area contributed by atoms with Crippen LogP contribution in [0.4, 0.5) is 5.13 Å². The second-order valence-corrected chi connectivity index (χ2v) is 8.31. The van der Waals surface area contributed by atoms with Gasteiger partial charge in [0.25, 0.3) is 0 Å². The number of halogens is 1. The fourth-order valence-electron chi connectivity index (χ4n) is 3.38. The molecule has 2 heterocycles. The molecule has 1 atom stereocenters. The van der Waals surface area contributed by atoms with Crippen LogP contribution in [-0.4, -0.2) is 17.1 Å². The Hall–Kier alpha value is -2.50. The molecule has 144 valence electrons. The molecular weight excluding hydrogens is 390 g/mol. The average Bonchev–Trinajstić information content (AvgIpc) is 3.31. The number of nitrogens with one attached hydrogen (secondary N) is 2. The number of hydrogen-bond donors (Lipinski definition) is 2. The molecule has 2 N–H and O–H groups in total. The molecule has 28 heavy (non-hydrogen) atoms. The predicted octanol–water partition coefficient (Wildman–Crippen LogP) is 6.83. The summed E-state index contributed by atoms with van der Waals surface area (Å²) < 4.78 is 5.25. The highest BCUT2D eigenvalue weighted by Crippen LogP contribution is 2.37. The Morgan fingerprint density at radius 2 is 2.07 bits per heavy atom. The van der Waals surface area contributed by atoms with Crippen molar-refractivity contribution in [1.82, 2.24) is 9.97 Å². The van der Waals surface area contributed by atoms with Crippen LogP contribution >= 0.6 is 22.9 Å². The Morgan fingerprint density at radius 1 is 1.21 bits per heavy atom. The fraction of sp³-hybridized carbons (Fsp3) is 0.227. The molecule has 4 nitrogen and oxygen atoms in total. The van der Waals surface area contributed by atoms with Gasteiger partial charge in [-0.15, -0.1) is 11.3 Å². The van der Waals surface area contributed by atoms with Crippen molar-refractivity contribution in [3.8, 4) is 17.0 Å². The number of benzene rings is 2. The summed E-state index contributed by atoms with van der Waals surface area (Å²) in [6.45, 7) is 4.26. The van der Waals surface area contributed by atoms with Crippen LogP contribution in [0, 0.1) is 6.92 Å². The number of thiazole rings is 1. The van der Waals surface area contributed by atoms with Gasteiger partial charge in [0.15, 0.2) is 5.13 Å². The van der Waals surface area contributed by atoms with Gasteiger partial charge >= 0.3 is 0 Å². The van der Waals surface area contributed by atoms with Gasteiger partial charge in [-0.3, -0.25) is 0 Å². The number of methoxy groups -OCH3 is 1. The first-order valence-electron chi connectivity index (χ1n) is 9.24. The van der Waals surface area contributed by atoms with Crippen molar-refractivity contribution in [3.05, 3.63) is 64.1 Å². The third-order valence-electron chi connectivity index (χ3n) is 4.91. The number of aromatic nitrogens is 2. The maximum Gasteiger partial charge on any atom is 0.183 e. The Balaban J connectivity index is 1.62. The van der Waals surface area contributed by atoms with Crippen molar-refractivity contribution in [2.24, 2.45) is 0 Å². The van der Waals surface area contributed by atoms with Crippen molar-refractivity contribution in [2.75, 3.05) is 12.4 Å². The summed E-state index contributed by atoms with van der Waals surface area (Å²) in [5.74, 6) is 0.742. The van der Waals surface area contributed by atoms with Crippen LogP contribution in [-0.2, 0) is 0 Å². The summed E-state index contributed by atoms with van der Waals surface area (Å²) in [5.41, 5.74) is 4.24. The third kappa shape index (κ3) is 3.60. The molecule has 0 radical (unpaired) electrons. The lowest BCUT2D eigenvalue weighted by molar-refractivity contribution is 0.415. The Bertz CT molecular complexity index is 1120. The van der Waals surface area contributed by atoms with Gasteiger partial charge in [-0.25, -0.2) is 4.98 Å². The Labute approximate surface area is 173 Å². The van der Waals surface area contributed by atoms with Gasteiger partial charge < -0.3 is 15.0 Å². The van der Waals surface area contributed by atoms with E-state index in [1.54, 1.807) is 18.4 Å². The van der Waals surface area contributed by atoms with Gasteiger partial charge in [0, 0.05) is 22.2 Å².